The number of carbonyl (C=O) groups excluding carboxylic acids is 1. The van der Waals surface area contributed by atoms with Crippen LogP contribution in [0.5, 0.6) is 0 Å². The summed E-state index contributed by atoms with van der Waals surface area (Å²) in [6.45, 7) is 7.24. The summed E-state index contributed by atoms with van der Waals surface area (Å²) in [6, 6.07) is 25.3. The maximum absolute atomic E-state index is 13.7. The minimum Gasteiger partial charge on any atom is -0.379 e. The summed E-state index contributed by atoms with van der Waals surface area (Å²) < 4.78 is 7.51. The highest BCUT2D eigenvalue weighted by Crippen LogP contribution is 2.32. The first kappa shape index (κ1) is 24.5. The van der Waals surface area contributed by atoms with Gasteiger partial charge in [-0.05, 0) is 46.5 Å². The lowest BCUT2D eigenvalue weighted by Gasteiger charge is -2.27. The molecule has 1 N–H and O–H groups in total. The van der Waals surface area contributed by atoms with Gasteiger partial charge in [0.05, 0.1) is 25.5 Å². The smallest absolute Gasteiger partial charge is 0.254 e. The number of rotatable bonds is 6. The van der Waals surface area contributed by atoms with Crippen molar-refractivity contribution >= 4 is 11.6 Å². The summed E-state index contributed by atoms with van der Waals surface area (Å²) in [7, 11) is 2.03. The first-order valence-corrected chi connectivity index (χ1v) is 13.4. The molecule has 0 atom stereocenters. The number of fused-ring (bicyclic) bond motifs is 1. The standard InChI is InChI=1S/C31H35N5O2/c1-33-29(20-32-33)23-35-13-14-36(22-28-19-27(11-12-30(28)35)25-5-3-2-4-6-25)31(37)26-9-7-24(8-10-26)21-34-15-17-38-18-16-34/h2-12,19-20,32H,13-18,21-23H2,1H3. The Morgan fingerprint density at radius 3 is 2.37 bits per heavy atom. The topological polar surface area (TPSA) is 56.7 Å². The van der Waals surface area contributed by atoms with Gasteiger partial charge in [0, 0.05) is 63.8 Å². The van der Waals surface area contributed by atoms with Crippen LogP contribution in [0.1, 0.15) is 27.2 Å². The van der Waals surface area contributed by atoms with Gasteiger partial charge >= 0.3 is 0 Å². The molecule has 38 heavy (non-hydrogen) atoms. The van der Waals surface area contributed by atoms with E-state index >= 15 is 0 Å². The average molecular weight is 510 g/mol. The van der Waals surface area contributed by atoms with Crippen molar-refractivity contribution in [2.45, 2.75) is 19.6 Å². The first-order chi connectivity index (χ1) is 18.6. The third-order valence-corrected chi connectivity index (χ3v) is 7.73. The van der Waals surface area contributed by atoms with Crippen LogP contribution in [0.2, 0.25) is 0 Å². The van der Waals surface area contributed by atoms with Gasteiger partial charge in [-0.2, -0.15) is 0 Å². The SMILES string of the molecule is Cn1[nH]cc1CN1CCN(C(=O)c2ccc(CN3CCOCC3)cc2)Cc2cc(-c3ccccc3)ccc21. The lowest BCUT2D eigenvalue weighted by Crippen LogP contribution is -2.36. The van der Waals surface area contributed by atoms with Crippen LogP contribution in [0.15, 0.2) is 79.0 Å². The predicted octanol–water partition coefficient (Wildman–Crippen LogP) is 4.52. The summed E-state index contributed by atoms with van der Waals surface area (Å²) in [5.41, 5.74) is 7.95. The number of morpholine rings is 1. The Bertz CT molecular complexity index is 1370. The normalized spacial score (nSPS) is 16.3. The van der Waals surface area contributed by atoms with Crippen molar-refractivity contribution in [2.75, 3.05) is 44.3 Å². The zero-order valence-corrected chi connectivity index (χ0v) is 22.0. The first-order valence-electron chi connectivity index (χ1n) is 13.4. The molecule has 1 fully saturated rings. The van der Waals surface area contributed by atoms with Crippen LogP contribution in [0.4, 0.5) is 5.69 Å². The molecule has 0 bridgehead atoms. The molecule has 7 heteroatoms. The molecule has 3 aromatic carbocycles. The van der Waals surface area contributed by atoms with E-state index in [1.165, 1.54) is 33.6 Å². The molecule has 0 radical (unpaired) electrons. The molecule has 7 nitrogen and oxygen atoms in total. The van der Waals surface area contributed by atoms with E-state index in [2.05, 4.69) is 69.5 Å². The zero-order chi connectivity index (χ0) is 25.9. The Hall–Kier alpha value is -3.81. The van der Waals surface area contributed by atoms with E-state index in [4.69, 9.17) is 4.74 Å². The van der Waals surface area contributed by atoms with Gasteiger partial charge in [-0.15, -0.1) is 0 Å². The van der Waals surface area contributed by atoms with E-state index < -0.39 is 0 Å². The van der Waals surface area contributed by atoms with E-state index in [-0.39, 0.29) is 5.91 Å². The number of aryl methyl sites for hydroxylation is 1. The molecule has 2 aliphatic rings. The van der Waals surface area contributed by atoms with E-state index in [0.717, 1.165) is 51.5 Å². The second kappa shape index (κ2) is 10.9. The van der Waals surface area contributed by atoms with Crippen LogP contribution in [-0.2, 0) is 31.4 Å². The molecule has 1 amide bonds. The number of nitrogens with zero attached hydrogens (tertiary/aromatic N) is 4. The van der Waals surface area contributed by atoms with Gasteiger partial charge in [0.15, 0.2) is 0 Å². The third-order valence-electron chi connectivity index (χ3n) is 7.73. The Kier molecular flexibility index (Phi) is 7.03. The van der Waals surface area contributed by atoms with Crippen LogP contribution >= 0.6 is 0 Å². The number of amides is 1. The quantitative estimate of drug-likeness (QED) is 0.416. The summed E-state index contributed by atoms with van der Waals surface area (Å²) in [5, 5.41) is 3.17. The molecule has 0 unspecified atom stereocenters. The molecule has 2 aliphatic heterocycles. The predicted molar refractivity (Wildman–Crippen MR) is 150 cm³/mol. The number of H-pyrrole nitrogens is 1. The number of anilines is 1. The average Bonchev–Trinajstić information content (AvgIpc) is 3.15. The highest BCUT2D eigenvalue weighted by Gasteiger charge is 2.25. The zero-order valence-electron chi connectivity index (χ0n) is 22.0. The molecular formula is C31H35N5O2. The van der Waals surface area contributed by atoms with Crippen molar-refractivity contribution in [1.29, 1.82) is 0 Å². The lowest BCUT2D eigenvalue weighted by atomic mass is 10.0. The van der Waals surface area contributed by atoms with Crippen LogP contribution in [0.25, 0.3) is 11.1 Å². The van der Waals surface area contributed by atoms with E-state index in [1.807, 2.05) is 41.0 Å². The van der Waals surface area contributed by atoms with Gasteiger partial charge in [-0.25, -0.2) is 0 Å². The van der Waals surface area contributed by atoms with E-state index in [9.17, 15) is 4.79 Å². The van der Waals surface area contributed by atoms with Crippen molar-refractivity contribution in [3.8, 4) is 11.1 Å². The van der Waals surface area contributed by atoms with Gasteiger partial charge in [-0.3, -0.25) is 14.4 Å². The number of benzene rings is 3. The Balaban J connectivity index is 1.24. The molecule has 3 heterocycles. The maximum atomic E-state index is 13.7. The van der Waals surface area contributed by atoms with Crippen LogP contribution in [0, 0.1) is 0 Å². The molecular weight excluding hydrogens is 474 g/mol. The number of aromatic nitrogens is 2. The van der Waals surface area contributed by atoms with Crippen LogP contribution < -0.4 is 4.90 Å². The van der Waals surface area contributed by atoms with Gasteiger partial charge in [0.1, 0.15) is 0 Å². The summed E-state index contributed by atoms with van der Waals surface area (Å²) in [4.78, 5) is 20.5. The number of hydrogen-bond acceptors (Lipinski definition) is 4. The fourth-order valence-electron chi connectivity index (χ4n) is 5.40. The second-order valence-corrected chi connectivity index (χ2v) is 10.3. The summed E-state index contributed by atoms with van der Waals surface area (Å²) >= 11 is 0. The molecule has 1 saturated heterocycles. The van der Waals surface area contributed by atoms with Crippen molar-refractivity contribution in [3.05, 3.63) is 101 Å². The fraction of sp³-hybridized carbons (Fsp3) is 0.323. The minimum atomic E-state index is 0.0856. The fourth-order valence-corrected chi connectivity index (χ4v) is 5.40. The van der Waals surface area contributed by atoms with Gasteiger partial charge in [0.25, 0.3) is 5.91 Å². The van der Waals surface area contributed by atoms with Crippen LogP contribution in [0.3, 0.4) is 0 Å². The number of ether oxygens (including phenoxy) is 1. The molecule has 1 aromatic heterocycles. The highest BCUT2D eigenvalue weighted by atomic mass is 16.5. The Morgan fingerprint density at radius 2 is 1.66 bits per heavy atom. The Labute approximate surface area is 224 Å². The van der Waals surface area contributed by atoms with Crippen molar-refractivity contribution in [3.63, 3.8) is 0 Å². The van der Waals surface area contributed by atoms with Gasteiger partial charge < -0.3 is 19.6 Å². The molecule has 196 valence electrons. The third kappa shape index (κ3) is 5.26. The molecule has 4 aromatic rings. The molecule has 0 aliphatic carbocycles. The number of hydrogen-bond donors (Lipinski definition) is 1. The largest absolute Gasteiger partial charge is 0.379 e. The minimum absolute atomic E-state index is 0.0856. The van der Waals surface area contributed by atoms with E-state index in [1.54, 1.807) is 0 Å². The number of carbonyl (C=O) groups is 1. The monoisotopic (exact) mass is 509 g/mol. The number of aromatic amines is 1. The van der Waals surface area contributed by atoms with Gasteiger partial charge in [-0.1, -0.05) is 48.5 Å². The Morgan fingerprint density at radius 1 is 0.868 bits per heavy atom. The highest BCUT2D eigenvalue weighted by molar-refractivity contribution is 5.94. The van der Waals surface area contributed by atoms with Gasteiger partial charge in [0.2, 0.25) is 0 Å². The van der Waals surface area contributed by atoms with Crippen LogP contribution in [-0.4, -0.2) is 64.9 Å². The molecule has 0 spiro atoms. The molecule has 0 saturated carbocycles. The van der Waals surface area contributed by atoms with E-state index in [0.29, 0.717) is 13.1 Å². The van der Waals surface area contributed by atoms with Crippen molar-refractivity contribution in [1.82, 2.24) is 19.6 Å². The lowest BCUT2D eigenvalue weighted by molar-refractivity contribution is 0.0342. The van der Waals surface area contributed by atoms with Crippen molar-refractivity contribution in [2.24, 2.45) is 7.05 Å². The second-order valence-electron chi connectivity index (χ2n) is 10.3. The van der Waals surface area contributed by atoms with Crippen molar-refractivity contribution < 1.29 is 9.53 Å². The molecule has 6 rings (SSSR count). The summed E-state index contributed by atoms with van der Waals surface area (Å²) in [6.07, 6.45) is 2.05. The summed E-state index contributed by atoms with van der Waals surface area (Å²) in [5.74, 6) is 0.0856. The maximum Gasteiger partial charge on any atom is 0.254 e. The number of nitrogens with one attached hydrogen (secondary N) is 1.